The number of carboxylic acid groups (broad SMARTS) is 1. The van der Waals surface area contributed by atoms with Crippen LogP contribution in [-0.4, -0.2) is 16.3 Å². The molecule has 0 bridgehead atoms. The highest BCUT2D eigenvalue weighted by molar-refractivity contribution is 8.14. The number of carboxylic acids is 1. The van der Waals surface area contributed by atoms with E-state index in [-0.39, 0.29) is 16.8 Å². The van der Waals surface area contributed by atoms with Crippen LogP contribution in [0.1, 0.15) is 39.0 Å². The summed E-state index contributed by atoms with van der Waals surface area (Å²) in [6.45, 7) is 5.45. The molecule has 0 amide bonds. The highest BCUT2D eigenvalue weighted by Crippen LogP contribution is 2.22. The average molecular weight is 229 g/mol. The van der Waals surface area contributed by atoms with Gasteiger partial charge in [-0.2, -0.15) is 0 Å². The van der Waals surface area contributed by atoms with Gasteiger partial charge in [0.15, 0.2) is 0 Å². The molecule has 0 aromatic carbocycles. The molecule has 0 saturated carbocycles. The zero-order valence-electron chi connectivity index (χ0n) is 9.03. The standard InChI is InChI=1S/C11H18O3S/c1-3-6-9(15-11(14)4-2)7-5-8-10(12)13/h4,9H,2-3,5-8H2,1H3,(H,12,13)/p-1. The van der Waals surface area contributed by atoms with Gasteiger partial charge in [-0.15, -0.1) is 0 Å². The Bertz CT molecular complexity index is 226. The van der Waals surface area contributed by atoms with E-state index in [4.69, 9.17) is 0 Å². The zero-order chi connectivity index (χ0) is 11.7. The highest BCUT2D eigenvalue weighted by Gasteiger charge is 2.11. The number of hydrogen-bond acceptors (Lipinski definition) is 4. The summed E-state index contributed by atoms with van der Waals surface area (Å²) in [6, 6.07) is 0. The Kier molecular flexibility index (Phi) is 8.09. The number of carbonyl (C=O) groups is 2. The average Bonchev–Trinajstić information content (AvgIpc) is 2.17. The van der Waals surface area contributed by atoms with Gasteiger partial charge in [-0.05, 0) is 31.8 Å². The van der Waals surface area contributed by atoms with Crippen LogP contribution in [-0.2, 0) is 9.59 Å². The molecular formula is C11H17O3S-. The van der Waals surface area contributed by atoms with Crippen LogP contribution in [0.2, 0.25) is 0 Å². The SMILES string of the molecule is C=CC(=O)SC(CCC)CCCC(=O)[O-]. The molecule has 0 rings (SSSR count). The van der Waals surface area contributed by atoms with Gasteiger partial charge in [0.1, 0.15) is 0 Å². The first kappa shape index (κ1) is 14.2. The minimum atomic E-state index is -1.02. The smallest absolute Gasteiger partial charge is 0.211 e. The van der Waals surface area contributed by atoms with Crippen molar-refractivity contribution in [2.24, 2.45) is 0 Å². The van der Waals surface area contributed by atoms with Gasteiger partial charge in [0.25, 0.3) is 0 Å². The van der Waals surface area contributed by atoms with Gasteiger partial charge in [-0.3, -0.25) is 4.79 Å². The summed E-state index contributed by atoms with van der Waals surface area (Å²) in [5.41, 5.74) is 0. The van der Waals surface area contributed by atoms with E-state index in [1.54, 1.807) is 0 Å². The lowest BCUT2D eigenvalue weighted by Gasteiger charge is -2.13. The Morgan fingerprint density at radius 1 is 1.47 bits per heavy atom. The summed E-state index contributed by atoms with van der Waals surface area (Å²) in [5, 5.41) is 10.4. The molecule has 0 aliphatic carbocycles. The maximum absolute atomic E-state index is 11.1. The first-order chi connectivity index (χ1) is 7.10. The Balaban J connectivity index is 3.86. The third-order valence-corrected chi connectivity index (χ3v) is 3.17. The Morgan fingerprint density at radius 2 is 2.13 bits per heavy atom. The monoisotopic (exact) mass is 229 g/mol. The van der Waals surface area contributed by atoms with Gasteiger partial charge in [0.2, 0.25) is 5.12 Å². The van der Waals surface area contributed by atoms with E-state index in [2.05, 4.69) is 6.58 Å². The summed E-state index contributed by atoms with van der Waals surface area (Å²) in [6.07, 6.45) is 4.61. The van der Waals surface area contributed by atoms with Gasteiger partial charge < -0.3 is 9.90 Å². The van der Waals surface area contributed by atoms with E-state index >= 15 is 0 Å². The molecule has 4 heteroatoms. The van der Waals surface area contributed by atoms with Crippen molar-refractivity contribution in [1.82, 2.24) is 0 Å². The molecule has 15 heavy (non-hydrogen) atoms. The zero-order valence-corrected chi connectivity index (χ0v) is 9.85. The molecule has 0 heterocycles. The predicted molar refractivity (Wildman–Crippen MR) is 60.3 cm³/mol. The van der Waals surface area contributed by atoms with Gasteiger partial charge >= 0.3 is 0 Å². The Hall–Kier alpha value is -0.770. The van der Waals surface area contributed by atoms with Crippen molar-refractivity contribution >= 4 is 22.8 Å². The lowest BCUT2D eigenvalue weighted by atomic mass is 10.1. The third kappa shape index (κ3) is 8.24. The summed E-state index contributed by atoms with van der Waals surface area (Å²) in [5.74, 6) is -1.02. The largest absolute Gasteiger partial charge is 0.550 e. The maximum atomic E-state index is 11.1. The second-order valence-electron chi connectivity index (χ2n) is 3.32. The second kappa shape index (κ2) is 8.53. The van der Waals surface area contributed by atoms with Gasteiger partial charge in [0, 0.05) is 11.2 Å². The summed E-state index contributed by atoms with van der Waals surface area (Å²) in [4.78, 5) is 21.3. The molecule has 1 atom stereocenters. The van der Waals surface area contributed by atoms with Crippen LogP contribution in [0.4, 0.5) is 0 Å². The molecule has 86 valence electrons. The molecule has 3 nitrogen and oxygen atoms in total. The van der Waals surface area contributed by atoms with Crippen molar-refractivity contribution in [3.05, 3.63) is 12.7 Å². The fourth-order valence-corrected chi connectivity index (χ4v) is 2.33. The molecule has 0 aliphatic heterocycles. The van der Waals surface area contributed by atoms with Crippen LogP contribution >= 0.6 is 11.8 Å². The van der Waals surface area contributed by atoms with Crippen molar-refractivity contribution in [2.45, 2.75) is 44.3 Å². The highest BCUT2D eigenvalue weighted by atomic mass is 32.2. The van der Waals surface area contributed by atoms with E-state index in [1.165, 1.54) is 17.8 Å². The van der Waals surface area contributed by atoms with Crippen LogP contribution in [0.3, 0.4) is 0 Å². The molecule has 0 aliphatic rings. The van der Waals surface area contributed by atoms with Crippen molar-refractivity contribution in [1.29, 1.82) is 0 Å². The fourth-order valence-electron chi connectivity index (χ4n) is 1.27. The molecule has 0 saturated heterocycles. The van der Waals surface area contributed by atoms with Crippen LogP contribution in [0.15, 0.2) is 12.7 Å². The molecule has 0 aromatic rings. The molecular weight excluding hydrogens is 212 g/mol. The van der Waals surface area contributed by atoms with Crippen LogP contribution in [0.5, 0.6) is 0 Å². The van der Waals surface area contributed by atoms with Gasteiger partial charge in [0.05, 0.1) is 0 Å². The normalized spacial score (nSPS) is 12.1. The van der Waals surface area contributed by atoms with E-state index < -0.39 is 5.97 Å². The molecule has 0 aromatic heterocycles. The summed E-state index contributed by atoms with van der Waals surface area (Å²) in [7, 11) is 0. The van der Waals surface area contributed by atoms with Gasteiger partial charge in [-0.1, -0.05) is 31.7 Å². The summed E-state index contributed by atoms with van der Waals surface area (Å²) >= 11 is 1.25. The lowest BCUT2D eigenvalue weighted by molar-refractivity contribution is -0.305. The molecule has 0 fully saturated rings. The van der Waals surface area contributed by atoms with E-state index in [0.29, 0.717) is 6.42 Å². The molecule has 0 N–H and O–H groups in total. The number of hydrogen-bond donors (Lipinski definition) is 0. The van der Waals surface area contributed by atoms with Crippen LogP contribution in [0, 0.1) is 0 Å². The first-order valence-corrected chi connectivity index (χ1v) is 6.01. The maximum Gasteiger partial charge on any atom is 0.211 e. The minimum absolute atomic E-state index is 0.0399. The van der Waals surface area contributed by atoms with Crippen LogP contribution < -0.4 is 5.11 Å². The lowest BCUT2D eigenvalue weighted by Crippen LogP contribution is -2.22. The topological polar surface area (TPSA) is 57.2 Å². The molecule has 0 radical (unpaired) electrons. The van der Waals surface area contributed by atoms with E-state index in [9.17, 15) is 14.7 Å². The van der Waals surface area contributed by atoms with Crippen molar-refractivity contribution in [2.75, 3.05) is 0 Å². The van der Waals surface area contributed by atoms with Crippen molar-refractivity contribution in [3.8, 4) is 0 Å². The number of carbonyl (C=O) groups excluding carboxylic acids is 2. The predicted octanol–water partition coefficient (Wildman–Crippen LogP) is 1.52. The number of aliphatic carboxylic acids is 1. The van der Waals surface area contributed by atoms with Crippen LogP contribution in [0.25, 0.3) is 0 Å². The Morgan fingerprint density at radius 3 is 2.60 bits per heavy atom. The number of rotatable bonds is 8. The third-order valence-electron chi connectivity index (χ3n) is 1.97. The summed E-state index contributed by atoms with van der Waals surface area (Å²) < 4.78 is 0. The van der Waals surface area contributed by atoms with Crippen molar-refractivity contribution < 1.29 is 14.7 Å². The minimum Gasteiger partial charge on any atom is -0.550 e. The fraction of sp³-hybridized carbons (Fsp3) is 0.636. The molecule has 0 spiro atoms. The van der Waals surface area contributed by atoms with Gasteiger partial charge in [-0.25, -0.2) is 0 Å². The molecule has 1 unspecified atom stereocenters. The van der Waals surface area contributed by atoms with Crippen molar-refractivity contribution in [3.63, 3.8) is 0 Å². The Labute approximate surface area is 94.9 Å². The first-order valence-electron chi connectivity index (χ1n) is 5.13. The second-order valence-corrected chi connectivity index (χ2v) is 4.62. The van der Waals surface area contributed by atoms with E-state index in [1.807, 2.05) is 6.92 Å². The quantitative estimate of drug-likeness (QED) is 0.592. The van der Waals surface area contributed by atoms with E-state index in [0.717, 1.165) is 19.3 Å². The number of thioether (sulfide) groups is 1.